The van der Waals surface area contributed by atoms with Crippen LogP contribution in [0.1, 0.15) is 6.42 Å². The van der Waals surface area contributed by atoms with Gasteiger partial charge in [0.1, 0.15) is 0 Å². The van der Waals surface area contributed by atoms with Crippen molar-refractivity contribution in [2.24, 2.45) is 0 Å². The molecule has 0 heterocycles. The molecule has 9 heavy (non-hydrogen) atoms. The fourth-order valence-electron chi connectivity index (χ4n) is 0.740. The number of nitriles is 1. The molecule has 0 N–H and O–H groups in total. The third-order valence-electron chi connectivity index (χ3n) is 1.19. The van der Waals surface area contributed by atoms with Crippen LogP contribution in [0.4, 0.5) is 0 Å². The third-order valence-corrected chi connectivity index (χ3v) is 1.19. The van der Waals surface area contributed by atoms with E-state index in [9.17, 15) is 0 Å². The van der Waals surface area contributed by atoms with Gasteiger partial charge in [-0.2, -0.15) is 5.26 Å². The second-order valence-corrected chi connectivity index (χ2v) is 2.00. The molecule has 0 fully saturated rings. The molecule has 1 rings (SSSR count). The Hall–Kier alpha value is -1.29. The molecule has 1 aliphatic carbocycles. The first-order valence-electron chi connectivity index (χ1n) is 2.78. The van der Waals surface area contributed by atoms with Gasteiger partial charge in [0.2, 0.25) is 0 Å². The second-order valence-electron chi connectivity index (χ2n) is 2.00. The molecule has 0 aromatic heterocycles. The largest absolute Gasteiger partial charge is 0.193 e. The van der Waals surface area contributed by atoms with Crippen LogP contribution in [0.3, 0.4) is 0 Å². The van der Waals surface area contributed by atoms with Gasteiger partial charge in [-0.05, 0) is 6.08 Å². The van der Waals surface area contributed by atoms with E-state index in [1.165, 1.54) is 0 Å². The highest BCUT2D eigenvalue weighted by molar-refractivity contribution is 5.38. The number of hydrogen-bond donors (Lipinski definition) is 0. The Kier molecular flexibility index (Phi) is 1.51. The van der Waals surface area contributed by atoms with Crippen molar-refractivity contribution >= 4 is 0 Å². The van der Waals surface area contributed by atoms with E-state index in [2.05, 4.69) is 12.6 Å². The molecule has 0 unspecified atom stereocenters. The van der Waals surface area contributed by atoms with Gasteiger partial charge in [0.15, 0.2) is 0 Å². The van der Waals surface area contributed by atoms with Crippen molar-refractivity contribution in [1.82, 2.24) is 0 Å². The monoisotopic (exact) mass is 117 g/mol. The van der Waals surface area contributed by atoms with E-state index in [-0.39, 0.29) is 0 Å². The standard InChI is InChI=1S/C8H7N/c1-7-3-2-4-8(5-7)6-9/h2-4H,1,5H2. The van der Waals surface area contributed by atoms with Gasteiger partial charge in [0, 0.05) is 12.0 Å². The molecule has 0 radical (unpaired) electrons. The van der Waals surface area contributed by atoms with E-state index in [4.69, 9.17) is 5.26 Å². The van der Waals surface area contributed by atoms with Crippen LogP contribution in [0.25, 0.3) is 0 Å². The first-order valence-corrected chi connectivity index (χ1v) is 2.78. The minimum absolute atomic E-state index is 0.715. The first-order chi connectivity index (χ1) is 4.33. The molecule has 44 valence electrons. The topological polar surface area (TPSA) is 23.8 Å². The molecule has 0 aliphatic heterocycles. The summed E-state index contributed by atoms with van der Waals surface area (Å²) in [4.78, 5) is 0. The first kappa shape index (κ1) is 5.84. The fraction of sp³-hybridized carbons (Fsp3) is 0.125. The molecule has 0 saturated heterocycles. The highest BCUT2D eigenvalue weighted by Crippen LogP contribution is 2.14. The average Bonchev–Trinajstić information content (AvgIpc) is 1.88. The van der Waals surface area contributed by atoms with Gasteiger partial charge in [-0.15, -0.1) is 0 Å². The van der Waals surface area contributed by atoms with E-state index >= 15 is 0 Å². The second kappa shape index (κ2) is 2.32. The predicted octanol–water partition coefficient (Wildman–Crippen LogP) is 1.95. The summed E-state index contributed by atoms with van der Waals surface area (Å²) in [5, 5.41) is 8.42. The zero-order chi connectivity index (χ0) is 6.69. The Labute approximate surface area is 54.6 Å². The molecule has 0 aromatic carbocycles. The van der Waals surface area contributed by atoms with Crippen molar-refractivity contribution < 1.29 is 0 Å². The van der Waals surface area contributed by atoms with Crippen LogP contribution in [-0.4, -0.2) is 0 Å². The minimum atomic E-state index is 0.715. The Morgan fingerprint density at radius 1 is 1.67 bits per heavy atom. The van der Waals surface area contributed by atoms with Gasteiger partial charge in [-0.25, -0.2) is 0 Å². The molecular formula is C8H7N. The van der Waals surface area contributed by atoms with Gasteiger partial charge >= 0.3 is 0 Å². The lowest BCUT2D eigenvalue weighted by Gasteiger charge is -2.00. The third kappa shape index (κ3) is 1.30. The summed E-state index contributed by atoms with van der Waals surface area (Å²) in [7, 11) is 0. The lowest BCUT2D eigenvalue weighted by Crippen LogP contribution is -1.85. The van der Waals surface area contributed by atoms with E-state index in [1.807, 2.05) is 18.2 Å². The van der Waals surface area contributed by atoms with Crippen molar-refractivity contribution in [3.8, 4) is 6.07 Å². The Morgan fingerprint density at radius 2 is 2.44 bits per heavy atom. The van der Waals surface area contributed by atoms with Crippen molar-refractivity contribution in [1.29, 1.82) is 5.26 Å². The molecule has 0 spiro atoms. The number of rotatable bonds is 0. The predicted molar refractivity (Wildman–Crippen MR) is 36.6 cm³/mol. The lowest BCUT2D eigenvalue weighted by atomic mass is 10.0. The van der Waals surface area contributed by atoms with Crippen LogP contribution in [0.2, 0.25) is 0 Å². The summed E-state index contributed by atoms with van der Waals surface area (Å²) >= 11 is 0. The maximum absolute atomic E-state index is 8.42. The molecule has 1 heteroatoms. The van der Waals surface area contributed by atoms with E-state index in [0.717, 1.165) is 11.1 Å². The quantitative estimate of drug-likeness (QED) is 0.475. The van der Waals surface area contributed by atoms with E-state index in [1.54, 1.807) is 0 Å². The molecule has 0 saturated carbocycles. The van der Waals surface area contributed by atoms with Gasteiger partial charge in [-0.1, -0.05) is 24.3 Å². The van der Waals surface area contributed by atoms with E-state index in [0.29, 0.717) is 6.42 Å². The number of allylic oxidation sites excluding steroid dienone is 5. The number of nitrogens with zero attached hydrogens (tertiary/aromatic N) is 1. The highest BCUT2D eigenvalue weighted by Gasteiger charge is 1.98. The summed E-state index contributed by atoms with van der Waals surface area (Å²) in [5.74, 6) is 0. The van der Waals surface area contributed by atoms with Crippen LogP contribution in [0.5, 0.6) is 0 Å². The van der Waals surface area contributed by atoms with Crippen LogP contribution in [0, 0.1) is 11.3 Å². The summed E-state index contributed by atoms with van der Waals surface area (Å²) in [6, 6.07) is 2.08. The number of hydrogen-bond acceptors (Lipinski definition) is 1. The van der Waals surface area contributed by atoms with Gasteiger partial charge in [-0.3, -0.25) is 0 Å². The zero-order valence-corrected chi connectivity index (χ0v) is 5.09. The minimum Gasteiger partial charge on any atom is -0.193 e. The summed E-state index contributed by atoms with van der Waals surface area (Å²) in [5.41, 5.74) is 1.80. The molecular weight excluding hydrogens is 110 g/mol. The molecule has 0 atom stereocenters. The maximum Gasteiger partial charge on any atom is 0.0950 e. The van der Waals surface area contributed by atoms with Gasteiger partial charge in [0.25, 0.3) is 0 Å². The molecule has 0 aromatic rings. The normalized spacial score (nSPS) is 16.8. The molecule has 1 aliphatic rings. The van der Waals surface area contributed by atoms with Crippen molar-refractivity contribution in [3.63, 3.8) is 0 Å². The van der Waals surface area contributed by atoms with Gasteiger partial charge in [0.05, 0.1) is 6.07 Å². The van der Waals surface area contributed by atoms with Crippen LogP contribution >= 0.6 is 0 Å². The van der Waals surface area contributed by atoms with Gasteiger partial charge < -0.3 is 0 Å². The zero-order valence-electron chi connectivity index (χ0n) is 5.09. The SMILES string of the molecule is C=C1C=CC=C(C#N)C1. The van der Waals surface area contributed by atoms with Crippen LogP contribution in [-0.2, 0) is 0 Å². The Bertz CT molecular complexity index is 225. The van der Waals surface area contributed by atoms with Crippen LogP contribution < -0.4 is 0 Å². The lowest BCUT2D eigenvalue weighted by molar-refractivity contribution is 1.20. The van der Waals surface area contributed by atoms with Crippen molar-refractivity contribution in [2.75, 3.05) is 0 Å². The van der Waals surface area contributed by atoms with Crippen molar-refractivity contribution in [3.05, 3.63) is 36.0 Å². The van der Waals surface area contributed by atoms with Crippen molar-refractivity contribution in [2.45, 2.75) is 6.42 Å². The Morgan fingerprint density at radius 3 is 2.89 bits per heavy atom. The summed E-state index contributed by atoms with van der Waals surface area (Å²) in [6.45, 7) is 3.73. The van der Waals surface area contributed by atoms with E-state index < -0.39 is 0 Å². The smallest absolute Gasteiger partial charge is 0.0950 e. The summed E-state index contributed by atoms with van der Waals surface area (Å²) in [6.07, 6.45) is 6.30. The molecule has 0 amide bonds. The molecule has 0 bridgehead atoms. The average molecular weight is 117 g/mol. The summed E-state index contributed by atoms with van der Waals surface area (Å²) < 4.78 is 0. The molecule has 1 nitrogen and oxygen atoms in total. The highest BCUT2D eigenvalue weighted by atomic mass is 14.2. The maximum atomic E-state index is 8.42. The Balaban J connectivity index is 2.80. The fourth-order valence-corrected chi connectivity index (χ4v) is 0.740. The van der Waals surface area contributed by atoms with Crippen LogP contribution in [0.15, 0.2) is 36.0 Å².